The van der Waals surface area contributed by atoms with E-state index in [1.54, 1.807) is 18.7 Å². The van der Waals surface area contributed by atoms with E-state index >= 15 is 0 Å². The molecule has 1 aliphatic heterocycles. The number of fused-ring (bicyclic) bond motifs is 1. The second-order valence-electron chi connectivity index (χ2n) is 9.27. The molecule has 2 aromatic rings. The number of rotatable bonds is 9. The minimum absolute atomic E-state index is 0. The molecule has 1 aromatic carbocycles. The normalized spacial score (nSPS) is 14.2. The zero-order valence-corrected chi connectivity index (χ0v) is 19.8. The van der Waals surface area contributed by atoms with E-state index in [0.717, 1.165) is 5.56 Å². The quantitative estimate of drug-likeness (QED) is 0.572. The Kier molecular flexibility index (Phi) is 9.57. The highest BCUT2D eigenvalue weighted by molar-refractivity contribution is 5.85. The molecule has 10 heteroatoms. The van der Waals surface area contributed by atoms with Gasteiger partial charge in [0.25, 0.3) is 0 Å². The average molecular weight is 475 g/mol. The van der Waals surface area contributed by atoms with Crippen molar-refractivity contribution < 1.29 is 19.1 Å². The fraction of sp³-hybridized carbons (Fsp3) is 0.583. The van der Waals surface area contributed by atoms with Crippen LogP contribution in [0, 0.1) is 5.92 Å². The van der Waals surface area contributed by atoms with Gasteiger partial charge in [0.1, 0.15) is 6.04 Å². The summed E-state index contributed by atoms with van der Waals surface area (Å²) >= 11 is 0. The lowest BCUT2D eigenvalue weighted by molar-refractivity contribution is -0.126. The highest BCUT2D eigenvalue weighted by Crippen LogP contribution is 2.20. The lowest BCUT2D eigenvalue weighted by atomic mass is 10.1. The van der Waals surface area contributed by atoms with E-state index in [4.69, 9.17) is 15.2 Å². The van der Waals surface area contributed by atoms with Gasteiger partial charge in [0.15, 0.2) is 11.6 Å². The summed E-state index contributed by atoms with van der Waals surface area (Å²) in [6.45, 7) is 9.48. The van der Waals surface area contributed by atoms with Crippen molar-refractivity contribution in [2.24, 2.45) is 11.7 Å². The molecular weight excluding hydrogens is 436 g/mol. The largest absolute Gasteiger partial charge is 0.449 e. The summed E-state index contributed by atoms with van der Waals surface area (Å²) in [5, 5.41) is 11.5. The van der Waals surface area contributed by atoms with Gasteiger partial charge in [0.2, 0.25) is 5.91 Å². The number of nitrogens with zero attached hydrogens (tertiary/aromatic N) is 4. The molecule has 0 radical (unpaired) electrons. The number of nitrogens with one attached hydrogen (secondary N) is 1. The molecular formula is C24H38N6O4. The first-order valence-electron chi connectivity index (χ1n) is 11.2. The number of benzene rings is 1. The summed E-state index contributed by atoms with van der Waals surface area (Å²) < 4.78 is 13.2. The molecule has 0 fully saturated rings. The van der Waals surface area contributed by atoms with Gasteiger partial charge in [-0.25, -0.2) is 4.79 Å². The molecule has 1 aromatic heterocycles. The Labute approximate surface area is 201 Å². The maximum absolute atomic E-state index is 12.6. The Morgan fingerprint density at radius 1 is 1.15 bits per heavy atom. The van der Waals surface area contributed by atoms with Crippen LogP contribution in [0.2, 0.25) is 0 Å². The summed E-state index contributed by atoms with van der Waals surface area (Å²) in [5.41, 5.74) is 5.96. The zero-order chi connectivity index (χ0) is 24.0. The van der Waals surface area contributed by atoms with Crippen LogP contribution in [0.5, 0.6) is 0 Å². The van der Waals surface area contributed by atoms with Crippen LogP contribution < -0.4 is 11.1 Å². The second kappa shape index (κ2) is 11.9. The molecule has 188 valence electrons. The van der Waals surface area contributed by atoms with Crippen LogP contribution in [0.4, 0.5) is 4.79 Å². The molecule has 2 heterocycles. The first-order valence-corrected chi connectivity index (χ1v) is 11.2. The number of carbonyl (C=O) groups is 2. The van der Waals surface area contributed by atoms with Gasteiger partial charge in [-0.2, -0.15) is 0 Å². The van der Waals surface area contributed by atoms with Crippen LogP contribution in [0.25, 0.3) is 0 Å². The molecule has 0 bridgehead atoms. The summed E-state index contributed by atoms with van der Waals surface area (Å²) in [7, 11) is 0. The van der Waals surface area contributed by atoms with Gasteiger partial charge in [-0.05, 0) is 25.3 Å². The predicted octanol–water partition coefficient (Wildman–Crippen LogP) is 2.63. The van der Waals surface area contributed by atoms with Gasteiger partial charge < -0.3 is 25.1 Å². The SMILES string of the molecule is C.CC(C)COC(=O)N1CCn2c(nnc2[C@@H](COCc2ccccc2)NC(=O)C(C)(C)N)C1. The molecule has 0 spiro atoms. The van der Waals surface area contributed by atoms with Crippen molar-refractivity contribution in [3.05, 3.63) is 47.5 Å². The van der Waals surface area contributed by atoms with E-state index in [1.165, 1.54) is 0 Å². The fourth-order valence-corrected chi connectivity index (χ4v) is 3.32. The maximum atomic E-state index is 12.6. The smallest absolute Gasteiger partial charge is 0.410 e. The summed E-state index contributed by atoms with van der Waals surface area (Å²) in [6, 6.07) is 9.25. The molecule has 0 unspecified atom stereocenters. The second-order valence-corrected chi connectivity index (χ2v) is 9.27. The van der Waals surface area contributed by atoms with Crippen LogP contribution in [0.3, 0.4) is 0 Å². The van der Waals surface area contributed by atoms with Gasteiger partial charge in [0, 0.05) is 13.1 Å². The maximum Gasteiger partial charge on any atom is 0.410 e. The van der Waals surface area contributed by atoms with Crippen molar-refractivity contribution in [3.63, 3.8) is 0 Å². The van der Waals surface area contributed by atoms with Crippen LogP contribution in [-0.2, 0) is 34.0 Å². The highest BCUT2D eigenvalue weighted by atomic mass is 16.6. The number of amides is 2. The number of aromatic nitrogens is 3. The zero-order valence-electron chi connectivity index (χ0n) is 19.8. The number of nitrogens with two attached hydrogens (primary N) is 1. The van der Waals surface area contributed by atoms with Gasteiger partial charge >= 0.3 is 6.09 Å². The lowest BCUT2D eigenvalue weighted by Gasteiger charge is -2.29. The van der Waals surface area contributed by atoms with Gasteiger partial charge in [0.05, 0.1) is 31.9 Å². The summed E-state index contributed by atoms with van der Waals surface area (Å²) in [5.74, 6) is 1.15. The number of carbonyl (C=O) groups excluding carboxylic acids is 2. The van der Waals surface area contributed by atoms with E-state index in [2.05, 4.69) is 15.5 Å². The van der Waals surface area contributed by atoms with Crippen molar-refractivity contribution in [1.82, 2.24) is 25.0 Å². The Bertz CT molecular complexity index is 939. The van der Waals surface area contributed by atoms with Gasteiger partial charge in [-0.15, -0.1) is 10.2 Å². The average Bonchev–Trinajstić information content (AvgIpc) is 3.20. The molecule has 0 aliphatic carbocycles. The third kappa shape index (κ3) is 7.26. The van der Waals surface area contributed by atoms with Crippen molar-refractivity contribution in [2.75, 3.05) is 19.8 Å². The Morgan fingerprint density at radius 2 is 1.85 bits per heavy atom. The van der Waals surface area contributed by atoms with Crippen molar-refractivity contribution in [2.45, 2.75) is 66.4 Å². The topological polar surface area (TPSA) is 125 Å². The first kappa shape index (κ1) is 27.3. The third-order valence-corrected chi connectivity index (χ3v) is 5.18. The van der Waals surface area contributed by atoms with Gasteiger partial charge in [-0.3, -0.25) is 9.69 Å². The van der Waals surface area contributed by atoms with Crippen molar-refractivity contribution in [1.29, 1.82) is 0 Å². The van der Waals surface area contributed by atoms with Crippen molar-refractivity contribution >= 4 is 12.0 Å². The van der Waals surface area contributed by atoms with Crippen molar-refractivity contribution in [3.8, 4) is 0 Å². The Morgan fingerprint density at radius 3 is 2.50 bits per heavy atom. The Balaban J connectivity index is 0.00000408. The standard InChI is InChI=1S/C23H34N6O4.CH4/c1-16(2)13-33-22(31)28-10-11-29-19(12-28)26-27-20(29)18(25-21(30)23(3,4)24)15-32-14-17-8-6-5-7-9-17;/h5-9,16,18H,10-15,24H2,1-4H3,(H,25,30);1H4/t18-;/m1./s1. The van der Waals surface area contributed by atoms with E-state index < -0.39 is 11.6 Å². The number of hydrogen-bond acceptors (Lipinski definition) is 7. The molecule has 2 amide bonds. The molecule has 3 N–H and O–H groups in total. The van der Waals surface area contributed by atoms with E-state index in [1.807, 2.05) is 48.7 Å². The third-order valence-electron chi connectivity index (χ3n) is 5.18. The fourth-order valence-electron chi connectivity index (χ4n) is 3.32. The lowest BCUT2D eigenvalue weighted by Crippen LogP contribution is -2.51. The molecule has 34 heavy (non-hydrogen) atoms. The van der Waals surface area contributed by atoms with E-state index in [9.17, 15) is 9.59 Å². The molecule has 1 aliphatic rings. The number of ether oxygens (including phenoxy) is 2. The molecule has 0 saturated heterocycles. The highest BCUT2D eigenvalue weighted by Gasteiger charge is 2.31. The minimum Gasteiger partial charge on any atom is -0.449 e. The van der Waals surface area contributed by atoms with Gasteiger partial charge in [-0.1, -0.05) is 51.6 Å². The molecule has 3 rings (SSSR count). The number of hydrogen-bond donors (Lipinski definition) is 2. The summed E-state index contributed by atoms with van der Waals surface area (Å²) in [4.78, 5) is 26.6. The first-order chi connectivity index (χ1) is 15.6. The molecule has 10 nitrogen and oxygen atoms in total. The van der Waals surface area contributed by atoms with Crippen LogP contribution >= 0.6 is 0 Å². The van der Waals surface area contributed by atoms with Crippen LogP contribution in [-0.4, -0.2) is 57.0 Å². The van der Waals surface area contributed by atoms with E-state index in [0.29, 0.717) is 38.0 Å². The van der Waals surface area contributed by atoms with Crippen LogP contribution in [0.1, 0.15) is 58.4 Å². The Hall–Kier alpha value is -2.98. The van der Waals surface area contributed by atoms with E-state index in [-0.39, 0.29) is 38.5 Å². The predicted molar refractivity (Wildman–Crippen MR) is 129 cm³/mol. The minimum atomic E-state index is -1.06. The molecule has 0 saturated carbocycles. The molecule has 1 atom stereocenters. The monoisotopic (exact) mass is 474 g/mol. The van der Waals surface area contributed by atoms with Crippen LogP contribution in [0.15, 0.2) is 30.3 Å². The summed E-state index contributed by atoms with van der Waals surface area (Å²) in [6.07, 6.45) is -0.361.